The molecule has 0 unspecified atom stereocenters. The van der Waals surface area contributed by atoms with Crippen LogP contribution in [0.3, 0.4) is 0 Å². The van der Waals surface area contributed by atoms with Gasteiger partial charge in [-0.2, -0.15) is 5.26 Å². The smallest absolute Gasteiger partial charge is 0.251 e. The number of hydrogen-bond acceptors (Lipinski definition) is 4. The number of ether oxygens (including phenoxy) is 1. The second-order valence-corrected chi connectivity index (χ2v) is 9.63. The Hall–Kier alpha value is -4.11. The van der Waals surface area contributed by atoms with E-state index in [2.05, 4.69) is 72.9 Å². The van der Waals surface area contributed by atoms with Gasteiger partial charge in [0.05, 0.1) is 17.4 Å². The van der Waals surface area contributed by atoms with Crippen LogP contribution in [0.1, 0.15) is 74.8 Å². The zero-order chi connectivity index (χ0) is 27.7. The minimum Gasteiger partial charge on any atom is -0.490 e. The maximum atomic E-state index is 13.1. The summed E-state index contributed by atoms with van der Waals surface area (Å²) in [6, 6.07) is 15.4. The highest BCUT2D eigenvalue weighted by molar-refractivity contribution is 5.95. The van der Waals surface area contributed by atoms with Crippen LogP contribution < -0.4 is 10.1 Å². The summed E-state index contributed by atoms with van der Waals surface area (Å²) < 4.78 is 7.85. The molecule has 2 aromatic carbocycles. The lowest BCUT2D eigenvalue weighted by Crippen LogP contribution is -2.36. The number of amides is 1. The Kier molecular flexibility index (Phi) is 10.1. The van der Waals surface area contributed by atoms with Crippen LogP contribution >= 0.6 is 0 Å². The van der Waals surface area contributed by atoms with Gasteiger partial charge in [-0.1, -0.05) is 36.4 Å². The number of benzene rings is 2. The van der Waals surface area contributed by atoms with E-state index in [0.29, 0.717) is 23.3 Å². The number of nitriles is 1. The van der Waals surface area contributed by atoms with Crippen LogP contribution in [0.5, 0.6) is 5.75 Å². The molecule has 0 aliphatic carbocycles. The molecule has 0 spiro atoms. The fraction of sp³-hybridized carbons (Fsp3) is 0.344. The summed E-state index contributed by atoms with van der Waals surface area (Å²) in [7, 11) is 0. The first-order valence-electron chi connectivity index (χ1n) is 13.2. The van der Waals surface area contributed by atoms with Crippen molar-refractivity contribution in [1.82, 2.24) is 14.9 Å². The highest BCUT2D eigenvalue weighted by atomic mass is 16.5. The van der Waals surface area contributed by atoms with Crippen LogP contribution in [0.25, 0.3) is 16.8 Å². The van der Waals surface area contributed by atoms with Gasteiger partial charge in [0.1, 0.15) is 17.6 Å². The van der Waals surface area contributed by atoms with Crippen molar-refractivity contribution in [2.75, 3.05) is 0 Å². The Morgan fingerprint density at radius 3 is 2.58 bits per heavy atom. The maximum Gasteiger partial charge on any atom is 0.251 e. The third kappa shape index (κ3) is 7.23. The highest BCUT2D eigenvalue weighted by Crippen LogP contribution is 2.24. The third-order valence-electron chi connectivity index (χ3n) is 6.41. The number of hydrogen-bond donors (Lipinski definition) is 1. The largest absolute Gasteiger partial charge is 0.490 e. The first-order chi connectivity index (χ1) is 18.3. The first-order valence-corrected chi connectivity index (χ1v) is 13.2. The lowest BCUT2D eigenvalue weighted by molar-refractivity contribution is 0.0935. The van der Waals surface area contributed by atoms with E-state index in [1.165, 1.54) is 0 Å². The molecule has 0 saturated heterocycles. The van der Waals surface area contributed by atoms with Crippen molar-refractivity contribution in [2.24, 2.45) is 0 Å². The van der Waals surface area contributed by atoms with Gasteiger partial charge < -0.3 is 14.6 Å². The molecular weight excluding hydrogens is 472 g/mol. The maximum absolute atomic E-state index is 13.1. The number of carbonyl (C=O) groups is 1. The van der Waals surface area contributed by atoms with E-state index in [0.717, 1.165) is 47.6 Å². The predicted molar refractivity (Wildman–Crippen MR) is 154 cm³/mol. The Balaban J connectivity index is 1.75. The normalized spacial score (nSPS) is 12.2. The lowest BCUT2D eigenvalue weighted by Gasteiger charge is -2.19. The molecule has 0 aliphatic rings. The molecule has 0 radical (unpaired) electrons. The minimum absolute atomic E-state index is 0.0573. The van der Waals surface area contributed by atoms with Gasteiger partial charge in [-0.25, -0.2) is 4.98 Å². The zero-order valence-corrected chi connectivity index (χ0v) is 23.1. The fourth-order valence-corrected chi connectivity index (χ4v) is 4.26. The molecular formula is C32H38N4O2. The zero-order valence-electron chi connectivity index (χ0n) is 23.1. The Morgan fingerprint density at radius 2 is 1.97 bits per heavy atom. The Labute approximate surface area is 226 Å². The number of nitrogens with one attached hydrogen (secondary N) is 1. The number of allylic oxidation sites excluding steroid dienone is 3. The van der Waals surface area contributed by atoms with Crippen LogP contribution in [0.4, 0.5) is 0 Å². The van der Waals surface area contributed by atoms with Crippen molar-refractivity contribution in [3.8, 4) is 23.1 Å². The summed E-state index contributed by atoms with van der Waals surface area (Å²) in [5.74, 6) is 1.27. The molecule has 198 valence electrons. The van der Waals surface area contributed by atoms with Crippen LogP contribution in [-0.4, -0.2) is 27.6 Å². The topological polar surface area (TPSA) is 79.9 Å². The lowest BCUT2D eigenvalue weighted by atomic mass is 9.99. The van der Waals surface area contributed by atoms with Crippen molar-refractivity contribution < 1.29 is 9.53 Å². The van der Waals surface area contributed by atoms with Crippen molar-refractivity contribution in [3.05, 3.63) is 89.9 Å². The number of carbonyl (C=O) groups excluding carboxylic acids is 1. The van der Waals surface area contributed by atoms with Gasteiger partial charge in [-0.05, 0) is 83.2 Å². The molecule has 3 aromatic rings. The average molecular weight is 511 g/mol. The van der Waals surface area contributed by atoms with Crippen molar-refractivity contribution in [3.63, 3.8) is 0 Å². The number of aryl methyl sites for hydroxylation is 1. The van der Waals surface area contributed by atoms with Crippen LogP contribution in [0.15, 0.2) is 67.4 Å². The fourth-order valence-electron chi connectivity index (χ4n) is 4.26. The summed E-state index contributed by atoms with van der Waals surface area (Å²) in [6.07, 6.45) is 8.22. The van der Waals surface area contributed by atoms with Crippen LogP contribution in [0.2, 0.25) is 0 Å². The van der Waals surface area contributed by atoms with Crippen LogP contribution in [-0.2, 0) is 13.0 Å². The summed E-state index contributed by atoms with van der Waals surface area (Å²) in [5.41, 5.74) is 5.08. The molecule has 38 heavy (non-hydrogen) atoms. The van der Waals surface area contributed by atoms with E-state index in [1.54, 1.807) is 18.2 Å². The summed E-state index contributed by atoms with van der Waals surface area (Å²) in [5, 5.41) is 12.7. The Bertz CT molecular complexity index is 1330. The van der Waals surface area contributed by atoms with Gasteiger partial charge in [-0.3, -0.25) is 4.79 Å². The van der Waals surface area contributed by atoms with Crippen molar-refractivity contribution in [1.29, 1.82) is 5.26 Å². The second kappa shape index (κ2) is 13.4. The van der Waals surface area contributed by atoms with Crippen molar-refractivity contribution >= 4 is 11.5 Å². The molecule has 1 amide bonds. The molecule has 6 nitrogen and oxygen atoms in total. The van der Waals surface area contributed by atoms with Gasteiger partial charge in [0.2, 0.25) is 0 Å². The standard InChI is InChI=1S/C32H38N4O2/c1-7-10-11-28(34-32(37)26-16-17-30(38-22(4)5)27(19-26)20-33)18-24-12-14-25(15-13-24)29-21-36(9-3)31(35-29)23(6)8-2/h7-8,12-17,19,21-22,28H,1,9-11,18H2,2-6H3,(H,34,37)/b23-8-/t28-/m1/s1. The summed E-state index contributed by atoms with van der Waals surface area (Å²) >= 11 is 0. The van der Waals surface area contributed by atoms with E-state index in [-0.39, 0.29) is 18.1 Å². The summed E-state index contributed by atoms with van der Waals surface area (Å²) in [4.78, 5) is 17.9. The Morgan fingerprint density at radius 1 is 1.24 bits per heavy atom. The average Bonchev–Trinajstić information content (AvgIpc) is 3.36. The molecule has 1 atom stereocenters. The molecule has 0 bridgehead atoms. The van der Waals surface area contributed by atoms with E-state index >= 15 is 0 Å². The van der Waals surface area contributed by atoms with Gasteiger partial charge in [0.15, 0.2) is 0 Å². The number of nitrogens with zero attached hydrogens (tertiary/aromatic N) is 3. The molecule has 0 aliphatic heterocycles. The molecule has 6 heteroatoms. The molecule has 1 N–H and O–H groups in total. The monoisotopic (exact) mass is 510 g/mol. The van der Waals surface area contributed by atoms with Gasteiger partial charge in [0.25, 0.3) is 5.91 Å². The highest BCUT2D eigenvalue weighted by Gasteiger charge is 2.17. The first kappa shape index (κ1) is 28.5. The predicted octanol–water partition coefficient (Wildman–Crippen LogP) is 6.96. The molecule has 1 heterocycles. The van der Waals surface area contributed by atoms with E-state index in [1.807, 2.05) is 26.8 Å². The number of rotatable bonds is 12. The van der Waals surface area contributed by atoms with E-state index < -0.39 is 0 Å². The SMILES string of the molecule is C=CCC[C@H](Cc1ccc(-c2cn(CC)c(/C(C)=C\C)n2)cc1)NC(=O)c1ccc(OC(C)C)c(C#N)c1. The van der Waals surface area contributed by atoms with Gasteiger partial charge in [0, 0.05) is 29.9 Å². The molecule has 0 fully saturated rings. The van der Waals surface area contributed by atoms with E-state index in [9.17, 15) is 10.1 Å². The molecule has 1 aromatic heterocycles. The number of aromatic nitrogens is 2. The van der Waals surface area contributed by atoms with Gasteiger partial charge in [-0.15, -0.1) is 6.58 Å². The van der Waals surface area contributed by atoms with E-state index in [4.69, 9.17) is 9.72 Å². The van der Waals surface area contributed by atoms with Gasteiger partial charge >= 0.3 is 0 Å². The summed E-state index contributed by atoms with van der Waals surface area (Å²) in [6.45, 7) is 14.7. The van der Waals surface area contributed by atoms with Crippen LogP contribution in [0, 0.1) is 11.3 Å². The number of imidazole rings is 1. The minimum atomic E-state index is -0.208. The molecule has 3 rings (SSSR count). The van der Waals surface area contributed by atoms with Crippen molar-refractivity contribution in [2.45, 2.75) is 72.6 Å². The third-order valence-corrected chi connectivity index (χ3v) is 6.41. The second-order valence-electron chi connectivity index (χ2n) is 9.63. The quantitative estimate of drug-likeness (QED) is 0.267. The molecule has 0 saturated carbocycles.